The van der Waals surface area contributed by atoms with Gasteiger partial charge in [-0.25, -0.2) is 0 Å². The van der Waals surface area contributed by atoms with E-state index in [9.17, 15) is 10.2 Å². The highest BCUT2D eigenvalue weighted by Crippen LogP contribution is 2.51. The quantitative estimate of drug-likeness (QED) is 0.817. The summed E-state index contributed by atoms with van der Waals surface area (Å²) in [6.07, 6.45) is -0.189. The summed E-state index contributed by atoms with van der Waals surface area (Å²) in [6, 6.07) is 10.8. The van der Waals surface area contributed by atoms with Crippen molar-refractivity contribution in [3.8, 4) is 23.0 Å². The summed E-state index contributed by atoms with van der Waals surface area (Å²) in [5, 5.41) is 19.3. The summed E-state index contributed by atoms with van der Waals surface area (Å²) in [7, 11) is 0. The van der Waals surface area contributed by atoms with Gasteiger partial charge in [-0.1, -0.05) is 12.1 Å². The highest BCUT2D eigenvalue weighted by atomic mass is 16.7. The minimum atomic E-state index is -0.143. The Morgan fingerprint density at radius 1 is 0.720 bits per heavy atom. The van der Waals surface area contributed by atoms with Gasteiger partial charge < -0.3 is 29.2 Å². The van der Waals surface area contributed by atoms with E-state index in [0.29, 0.717) is 13.2 Å². The van der Waals surface area contributed by atoms with Crippen LogP contribution < -0.4 is 9.47 Å². The standard InChI is InChI=1S/C19H18O6/c20-14-3-1-10(5-15(14)21)18-12-7-23-19(13(12)8-22-18)11-2-4-16-17(6-11)25-9-24-16/h1-6,12-13,18-21H,7-9H2/t12-,13-,18?,19?/m0/s1. The van der Waals surface area contributed by atoms with Crippen LogP contribution >= 0.6 is 0 Å². The first-order valence-electron chi connectivity index (χ1n) is 8.35. The van der Waals surface area contributed by atoms with Crippen molar-refractivity contribution in [1.82, 2.24) is 0 Å². The summed E-state index contributed by atoms with van der Waals surface area (Å²) in [5.74, 6) is 1.71. The Labute approximate surface area is 144 Å². The molecule has 0 aliphatic carbocycles. The van der Waals surface area contributed by atoms with Crippen LogP contribution in [0.5, 0.6) is 23.0 Å². The van der Waals surface area contributed by atoms with Gasteiger partial charge in [0.2, 0.25) is 6.79 Å². The SMILES string of the molecule is Oc1ccc(C2OC[C@@H]3C(c4ccc5c(c4)OCO5)OC[C@H]23)cc1O. The van der Waals surface area contributed by atoms with Crippen LogP contribution in [-0.4, -0.2) is 30.2 Å². The molecule has 0 spiro atoms. The Kier molecular flexibility index (Phi) is 3.29. The molecule has 6 heteroatoms. The molecule has 3 heterocycles. The summed E-state index contributed by atoms with van der Waals surface area (Å²) in [5.41, 5.74) is 1.92. The molecule has 0 bridgehead atoms. The van der Waals surface area contributed by atoms with Crippen LogP contribution in [0, 0.1) is 11.8 Å². The predicted octanol–water partition coefficient (Wildman–Crippen LogP) is 2.90. The van der Waals surface area contributed by atoms with Crippen LogP contribution in [0.4, 0.5) is 0 Å². The molecule has 2 N–H and O–H groups in total. The van der Waals surface area contributed by atoms with Crippen molar-refractivity contribution >= 4 is 0 Å². The van der Waals surface area contributed by atoms with Crippen molar-refractivity contribution in [3.05, 3.63) is 47.5 Å². The Hall–Kier alpha value is -2.44. The fraction of sp³-hybridized carbons (Fsp3) is 0.368. The highest BCUT2D eigenvalue weighted by molar-refractivity contribution is 5.46. The maximum absolute atomic E-state index is 9.76. The van der Waals surface area contributed by atoms with Crippen molar-refractivity contribution < 1.29 is 29.2 Å². The molecular formula is C19H18O6. The molecule has 130 valence electrons. The summed E-state index contributed by atoms with van der Waals surface area (Å²) in [6.45, 7) is 1.44. The van der Waals surface area contributed by atoms with E-state index in [1.807, 2.05) is 18.2 Å². The van der Waals surface area contributed by atoms with E-state index >= 15 is 0 Å². The molecule has 2 fully saturated rings. The van der Waals surface area contributed by atoms with Crippen LogP contribution in [0.15, 0.2) is 36.4 Å². The van der Waals surface area contributed by atoms with Gasteiger partial charge in [-0.05, 0) is 35.4 Å². The van der Waals surface area contributed by atoms with E-state index in [0.717, 1.165) is 22.6 Å². The third-order valence-electron chi connectivity index (χ3n) is 5.32. The largest absolute Gasteiger partial charge is 0.504 e. The number of benzene rings is 2. The number of fused-ring (bicyclic) bond motifs is 2. The molecule has 0 saturated carbocycles. The van der Waals surface area contributed by atoms with Crippen LogP contribution in [0.3, 0.4) is 0 Å². The fourth-order valence-corrected chi connectivity index (χ4v) is 4.04. The molecule has 25 heavy (non-hydrogen) atoms. The van der Waals surface area contributed by atoms with Crippen molar-refractivity contribution in [1.29, 1.82) is 0 Å². The zero-order chi connectivity index (χ0) is 17.0. The number of aromatic hydroxyl groups is 2. The van der Waals surface area contributed by atoms with Crippen LogP contribution in [-0.2, 0) is 9.47 Å². The van der Waals surface area contributed by atoms with Crippen LogP contribution in [0.1, 0.15) is 23.3 Å². The topological polar surface area (TPSA) is 77.4 Å². The Balaban J connectivity index is 1.40. The van der Waals surface area contributed by atoms with Gasteiger partial charge in [-0.2, -0.15) is 0 Å². The monoisotopic (exact) mass is 342 g/mol. The van der Waals surface area contributed by atoms with E-state index in [1.165, 1.54) is 6.07 Å². The lowest BCUT2D eigenvalue weighted by Gasteiger charge is -2.17. The second-order valence-corrected chi connectivity index (χ2v) is 6.70. The van der Waals surface area contributed by atoms with Gasteiger partial charge >= 0.3 is 0 Å². The van der Waals surface area contributed by atoms with E-state index in [4.69, 9.17) is 18.9 Å². The van der Waals surface area contributed by atoms with Crippen molar-refractivity contribution in [3.63, 3.8) is 0 Å². The predicted molar refractivity (Wildman–Crippen MR) is 86.7 cm³/mol. The maximum Gasteiger partial charge on any atom is 0.231 e. The third kappa shape index (κ3) is 2.33. The van der Waals surface area contributed by atoms with Gasteiger partial charge in [0.05, 0.1) is 25.4 Å². The van der Waals surface area contributed by atoms with Gasteiger partial charge in [0, 0.05) is 11.8 Å². The van der Waals surface area contributed by atoms with Gasteiger partial charge in [0.25, 0.3) is 0 Å². The average Bonchev–Trinajstić information content (AvgIpc) is 3.31. The minimum absolute atomic E-state index is 0.0461. The highest BCUT2D eigenvalue weighted by Gasteiger charge is 2.48. The minimum Gasteiger partial charge on any atom is -0.504 e. The molecule has 0 aromatic heterocycles. The van der Waals surface area contributed by atoms with Crippen LogP contribution in [0.2, 0.25) is 0 Å². The lowest BCUT2D eigenvalue weighted by Crippen LogP contribution is -2.14. The number of phenols is 2. The Bertz CT molecular complexity index is 820. The zero-order valence-electron chi connectivity index (χ0n) is 13.4. The molecule has 6 nitrogen and oxygen atoms in total. The van der Waals surface area contributed by atoms with E-state index < -0.39 is 0 Å². The van der Waals surface area contributed by atoms with Gasteiger partial charge in [-0.15, -0.1) is 0 Å². The molecule has 0 radical (unpaired) electrons. The second kappa shape index (κ2) is 5.54. The first-order chi connectivity index (χ1) is 12.2. The maximum atomic E-state index is 9.76. The number of ether oxygens (including phenoxy) is 4. The first kappa shape index (κ1) is 14.9. The molecule has 2 aromatic rings. The van der Waals surface area contributed by atoms with Gasteiger partial charge in [0.1, 0.15) is 0 Å². The lowest BCUT2D eigenvalue weighted by molar-refractivity contribution is 0.0191. The van der Waals surface area contributed by atoms with Gasteiger partial charge in [-0.3, -0.25) is 0 Å². The van der Waals surface area contributed by atoms with Crippen molar-refractivity contribution in [2.24, 2.45) is 11.8 Å². The average molecular weight is 342 g/mol. The fourth-order valence-electron chi connectivity index (χ4n) is 4.04. The molecule has 5 rings (SSSR count). The molecule has 2 saturated heterocycles. The van der Waals surface area contributed by atoms with Crippen molar-refractivity contribution in [2.75, 3.05) is 20.0 Å². The summed E-state index contributed by atoms with van der Waals surface area (Å²) < 4.78 is 22.9. The summed E-state index contributed by atoms with van der Waals surface area (Å²) >= 11 is 0. The zero-order valence-corrected chi connectivity index (χ0v) is 13.4. The number of hydrogen-bond acceptors (Lipinski definition) is 6. The molecule has 2 unspecified atom stereocenters. The van der Waals surface area contributed by atoms with Crippen molar-refractivity contribution in [2.45, 2.75) is 12.2 Å². The Morgan fingerprint density at radius 3 is 2.08 bits per heavy atom. The third-order valence-corrected chi connectivity index (χ3v) is 5.32. The molecule has 0 amide bonds. The van der Waals surface area contributed by atoms with E-state index in [1.54, 1.807) is 12.1 Å². The number of hydrogen-bond donors (Lipinski definition) is 2. The molecule has 2 aromatic carbocycles. The molecule has 4 atom stereocenters. The van der Waals surface area contributed by atoms with Gasteiger partial charge in [0.15, 0.2) is 23.0 Å². The normalized spacial score (nSPS) is 29.8. The second-order valence-electron chi connectivity index (χ2n) is 6.70. The lowest BCUT2D eigenvalue weighted by atomic mass is 9.85. The molecule has 3 aliphatic rings. The summed E-state index contributed by atoms with van der Waals surface area (Å²) in [4.78, 5) is 0. The molecule has 3 aliphatic heterocycles. The smallest absolute Gasteiger partial charge is 0.231 e. The molecular weight excluding hydrogens is 324 g/mol. The van der Waals surface area contributed by atoms with Crippen LogP contribution in [0.25, 0.3) is 0 Å². The number of rotatable bonds is 2. The van der Waals surface area contributed by atoms with E-state index in [-0.39, 0.29) is 42.3 Å². The first-order valence-corrected chi connectivity index (χ1v) is 8.35. The van der Waals surface area contributed by atoms with E-state index in [2.05, 4.69) is 0 Å². The number of phenolic OH excluding ortho intramolecular Hbond substituents is 2. The Morgan fingerprint density at radius 2 is 1.36 bits per heavy atom.